The van der Waals surface area contributed by atoms with Gasteiger partial charge in [-0.1, -0.05) is 0 Å². The molecule has 1 aromatic carbocycles. The third kappa shape index (κ3) is 1.57. The van der Waals surface area contributed by atoms with Gasteiger partial charge in [0.1, 0.15) is 0 Å². The van der Waals surface area contributed by atoms with Gasteiger partial charge >= 0.3 is 0 Å². The lowest BCUT2D eigenvalue weighted by atomic mass is 10.1. The first kappa shape index (κ1) is 10.8. The van der Waals surface area contributed by atoms with Crippen molar-refractivity contribution in [2.45, 2.75) is 17.7 Å². The minimum atomic E-state index is 0.193. The molecule has 2 saturated heterocycles. The van der Waals surface area contributed by atoms with Crippen LogP contribution in [-0.4, -0.2) is 39.4 Å². The Balaban J connectivity index is 1.67. The highest BCUT2D eigenvalue weighted by Gasteiger charge is 2.41. The van der Waals surface area contributed by atoms with Gasteiger partial charge in [-0.15, -0.1) is 11.3 Å². The predicted molar refractivity (Wildman–Crippen MR) is 75.3 cm³/mol. The van der Waals surface area contributed by atoms with Crippen molar-refractivity contribution in [3.63, 3.8) is 0 Å². The Bertz CT molecular complexity index is 624. The molecule has 2 aromatic rings. The highest BCUT2D eigenvalue weighted by molar-refractivity contribution is 8.00. The second-order valence-electron chi connectivity index (χ2n) is 4.84. The number of fused-ring (bicyclic) bond motifs is 3. The average molecular weight is 276 g/mol. The maximum absolute atomic E-state index is 12.5. The van der Waals surface area contributed by atoms with E-state index in [2.05, 4.69) is 9.88 Å². The number of carbonyl (C=O) groups excluding carboxylic acids is 1. The number of amides is 1. The van der Waals surface area contributed by atoms with E-state index in [1.165, 1.54) is 6.42 Å². The number of likely N-dealkylation sites (tertiary alicyclic amines) is 1. The van der Waals surface area contributed by atoms with E-state index in [0.717, 1.165) is 28.1 Å². The largest absolute Gasteiger partial charge is 0.334 e. The molecule has 1 aromatic heterocycles. The Labute approximate surface area is 113 Å². The first-order chi connectivity index (χ1) is 8.81. The number of thioether (sulfide) groups is 1. The third-order valence-electron chi connectivity index (χ3n) is 3.74. The Morgan fingerprint density at radius 3 is 3.17 bits per heavy atom. The number of hydrogen-bond acceptors (Lipinski definition) is 4. The molecule has 2 aliphatic rings. The summed E-state index contributed by atoms with van der Waals surface area (Å²) in [4.78, 5) is 18.8. The van der Waals surface area contributed by atoms with E-state index >= 15 is 0 Å². The fraction of sp³-hybridized carbons (Fsp3) is 0.385. The van der Waals surface area contributed by atoms with E-state index in [9.17, 15) is 4.79 Å². The lowest BCUT2D eigenvalue weighted by molar-refractivity contribution is 0.0748. The molecule has 0 aliphatic carbocycles. The smallest absolute Gasteiger partial charge is 0.254 e. The average Bonchev–Trinajstić information content (AvgIpc) is 3.12. The minimum absolute atomic E-state index is 0.193. The highest BCUT2D eigenvalue weighted by atomic mass is 32.2. The van der Waals surface area contributed by atoms with Gasteiger partial charge in [-0.25, -0.2) is 4.98 Å². The second-order valence-corrected chi connectivity index (χ2v) is 7.06. The first-order valence-corrected chi connectivity index (χ1v) is 8.00. The highest BCUT2D eigenvalue weighted by Crippen LogP contribution is 2.38. The molecule has 0 spiro atoms. The summed E-state index contributed by atoms with van der Waals surface area (Å²) in [6.45, 7) is 0.925. The standard InChI is InChI=1S/C13H12N2OS2/c16-13(15-5-10-4-9(15)6-17-10)8-1-2-11-12(3-8)18-7-14-11/h1-3,7,9-10H,4-6H2. The monoisotopic (exact) mass is 276 g/mol. The number of benzene rings is 1. The molecule has 1 amide bonds. The van der Waals surface area contributed by atoms with Crippen molar-refractivity contribution in [1.29, 1.82) is 0 Å². The Morgan fingerprint density at radius 1 is 1.44 bits per heavy atom. The summed E-state index contributed by atoms with van der Waals surface area (Å²) in [5, 5.41) is 0.672. The van der Waals surface area contributed by atoms with E-state index in [1.807, 2.05) is 35.5 Å². The Kier molecular flexibility index (Phi) is 2.38. The maximum Gasteiger partial charge on any atom is 0.254 e. The molecule has 2 aliphatic heterocycles. The van der Waals surface area contributed by atoms with E-state index < -0.39 is 0 Å². The van der Waals surface area contributed by atoms with Crippen LogP contribution in [0.15, 0.2) is 23.7 Å². The summed E-state index contributed by atoms with van der Waals surface area (Å²) < 4.78 is 1.10. The third-order valence-corrected chi connectivity index (χ3v) is 5.92. The van der Waals surface area contributed by atoms with Crippen LogP contribution in [0.3, 0.4) is 0 Å². The van der Waals surface area contributed by atoms with Crippen molar-refractivity contribution >= 4 is 39.2 Å². The van der Waals surface area contributed by atoms with E-state index in [4.69, 9.17) is 0 Å². The molecule has 3 nitrogen and oxygen atoms in total. The topological polar surface area (TPSA) is 33.2 Å². The van der Waals surface area contributed by atoms with Gasteiger partial charge in [0.15, 0.2) is 0 Å². The van der Waals surface area contributed by atoms with Crippen LogP contribution in [0.1, 0.15) is 16.8 Å². The van der Waals surface area contributed by atoms with Gasteiger partial charge in [-0.05, 0) is 24.6 Å². The van der Waals surface area contributed by atoms with Crippen molar-refractivity contribution in [1.82, 2.24) is 9.88 Å². The molecule has 2 bridgehead atoms. The second kappa shape index (κ2) is 3.96. The van der Waals surface area contributed by atoms with Crippen LogP contribution in [-0.2, 0) is 0 Å². The van der Waals surface area contributed by atoms with Crippen LogP contribution in [0, 0.1) is 0 Å². The van der Waals surface area contributed by atoms with Gasteiger partial charge in [0.05, 0.1) is 15.7 Å². The van der Waals surface area contributed by atoms with Crippen LogP contribution in [0.25, 0.3) is 10.2 Å². The lowest BCUT2D eigenvalue weighted by Gasteiger charge is -2.26. The van der Waals surface area contributed by atoms with Crippen LogP contribution in [0.2, 0.25) is 0 Å². The van der Waals surface area contributed by atoms with Crippen molar-refractivity contribution in [2.75, 3.05) is 12.3 Å². The normalized spacial score (nSPS) is 26.1. The van der Waals surface area contributed by atoms with Gasteiger partial charge in [0.25, 0.3) is 5.91 Å². The molecule has 2 unspecified atom stereocenters. The molecule has 18 heavy (non-hydrogen) atoms. The predicted octanol–water partition coefficient (Wildman–Crippen LogP) is 2.63. The zero-order valence-electron chi connectivity index (χ0n) is 9.70. The molecule has 92 valence electrons. The Morgan fingerprint density at radius 2 is 2.39 bits per heavy atom. The number of aromatic nitrogens is 1. The first-order valence-electron chi connectivity index (χ1n) is 6.07. The van der Waals surface area contributed by atoms with Crippen molar-refractivity contribution in [3.05, 3.63) is 29.3 Å². The summed E-state index contributed by atoms with van der Waals surface area (Å²) in [7, 11) is 0. The molecule has 0 saturated carbocycles. The molecular weight excluding hydrogens is 264 g/mol. The van der Waals surface area contributed by atoms with Crippen molar-refractivity contribution in [2.24, 2.45) is 0 Å². The quantitative estimate of drug-likeness (QED) is 0.803. The number of carbonyl (C=O) groups is 1. The van der Waals surface area contributed by atoms with Crippen molar-refractivity contribution < 1.29 is 4.79 Å². The molecule has 2 atom stereocenters. The Hall–Kier alpha value is -1.07. The summed E-state index contributed by atoms with van der Waals surface area (Å²) in [6, 6.07) is 6.30. The van der Waals surface area contributed by atoms with Gasteiger partial charge in [0, 0.05) is 29.2 Å². The van der Waals surface area contributed by atoms with Gasteiger partial charge in [0.2, 0.25) is 0 Å². The summed E-state index contributed by atoms with van der Waals surface area (Å²) in [6.07, 6.45) is 1.18. The van der Waals surface area contributed by atoms with Crippen LogP contribution in [0.4, 0.5) is 0 Å². The zero-order valence-corrected chi connectivity index (χ0v) is 11.3. The number of hydrogen-bond donors (Lipinski definition) is 0. The maximum atomic E-state index is 12.5. The van der Waals surface area contributed by atoms with Crippen LogP contribution >= 0.6 is 23.1 Å². The van der Waals surface area contributed by atoms with Crippen LogP contribution in [0.5, 0.6) is 0 Å². The number of nitrogens with zero attached hydrogens (tertiary/aromatic N) is 2. The fourth-order valence-corrected chi connectivity index (χ4v) is 4.95. The van der Waals surface area contributed by atoms with Gasteiger partial charge < -0.3 is 4.90 Å². The number of thiazole rings is 1. The molecule has 2 fully saturated rings. The SMILES string of the molecule is O=C(c1ccc2ncsc2c1)N1CC2CC1CS2. The summed E-state index contributed by atoms with van der Waals surface area (Å²) in [5.74, 6) is 1.30. The van der Waals surface area contributed by atoms with Crippen LogP contribution < -0.4 is 0 Å². The molecule has 5 heteroatoms. The summed E-state index contributed by atoms with van der Waals surface area (Å²) in [5.41, 5.74) is 3.62. The fourth-order valence-electron chi connectivity index (χ4n) is 2.80. The molecule has 4 rings (SSSR count). The lowest BCUT2D eigenvalue weighted by Crippen LogP contribution is -2.39. The zero-order chi connectivity index (χ0) is 12.1. The van der Waals surface area contributed by atoms with E-state index in [-0.39, 0.29) is 5.91 Å². The van der Waals surface area contributed by atoms with Crippen molar-refractivity contribution in [3.8, 4) is 0 Å². The van der Waals surface area contributed by atoms with Gasteiger partial charge in [-0.2, -0.15) is 11.8 Å². The minimum Gasteiger partial charge on any atom is -0.334 e. The molecule has 0 radical (unpaired) electrons. The molecule has 0 N–H and O–H groups in total. The van der Waals surface area contributed by atoms with E-state index in [1.54, 1.807) is 11.3 Å². The van der Waals surface area contributed by atoms with E-state index in [0.29, 0.717) is 11.3 Å². The molecular formula is C13H12N2OS2. The number of rotatable bonds is 1. The molecule has 3 heterocycles. The summed E-state index contributed by atoms with van der Waals surface area (Å²) >= 11 is 3.60. The van der Waals surface area contributed by atoms with Gasteiger partial charge in [-0.3, -0.25) is 4.79 Å².